The predicted molar refractivity (Wildman–Crippen MR) is 79.0 cm³/mol. The Morgan fingerprint density at radius 2 is 2.22 bits per heavy atom. The predicted octanol–water partition coefficient (Wildman–Crippen LogP) is 3.15. The molecule has 0 radical (unpaired) electrons. The van der Waals surface area contributed by atoms with Crippen molar-refractivity contribution in [1.82, 2.24) is 10.3 Å². The summed E-state index contributed by atoms with van der Waals surface area (Å²) in [4.78, 5) is 6.84. The number of pyridine rings is 1. The fourth-order valence-corrected chi connectivity index (χ4v) is 2.00. The van der Waals surface area contributed by atoms with E-state index in [1.54, 1.807) is 0 Å². The molecule has 0 aliphatic carbocycles. The Morgan fingerprint density at radius 1 is 1.44 bits per heavy atom. The smallest absolute Gasteiger partial charge is 0.0572 e. The first-order chi connectivity index (χ1) is 8.72. The van der Waals surface area contributed by atoms with Crippen LogP contribution in [0.25, 0.3) is 0 Å². The van der Waals surface area contributed by atoms with Gasteiger partial charge in [0.05, 0.1) is 17.6 Å². The maximum atomic E-state index is 4.54. The van der Waals surface area contributed by atoms with Crippen molar-refractivity contribution in [2.75, 3.05) is 24.5 Å². The van der Waals surface area contributed by atoms with Gasteiger partial charge in [-0.05, 0) is 32.0 Å². The third-order valence-corrected chi connectivity index (χ3v) is 2.93. The van der Waals surface area contributed by atoms with Gasteiger partial charge in [-0.3, -0.25) is 4.98 Å². The van der Waals surface area contributed by atoms with Gasteiger partial charge in [-0.15, -0.1) is 6.58 Å². The fraction of sp³-hybridized carbons (Fsp3) is 0.533. The molecule has 0 bridgehead atoms. The van der Waals surface area contributed by atoms with E-state index in [1.165, 1.54) is 5.69 Å². The molecule has 1 aromatic heterocycles. The summed E-state index contributed by atoms with van der Waals surface area (Å²) in [6.07, 6.45) is 5.02. The van der Waals surface area contributed by atoms with Gasteiger partial charge in [-0.1, -0.05) is 19.9 Å². The van der Waals surface area contributed by atoms with E-state index in [9.17, 15) is 0 Å². The molecule has 3 nitrogen and oxygen atoms in total. The molecule has 0 aromatic carbocycles. The van der Waals surface area contributed by atoms with Gasteiger partial charge >= 0.3 is 0 Å². The molecule has 0 aliphatic rings. The Balaban J connectivity index is 2.76. The first kappa shape index (κ1) is 14.7. The highest BCUT2D eigenvalue weighted by molar-refractivity contribution is 5.45. The molecular formula is C15H25N3. The van der Waals surface area contributed by atoms with Gasteiger partial charge in [-0.2, -0.15) is 0 Å². The molecule has 18 heavy (non-hydrogen) atoms. The van der Waals surface area contributed by atoms with E-state index in [2.05, 4.69) is 54.7 Å². The van der Waals surface area contributed by atoms with Crippen molar-refractivity contribution in [3.8, 4) is 0 Å². The van der Waals surface area contributed by atoms with Gasteiger partial charge in [0.15, 0.2) is 0 Å². The quantitative estimate of drug-likeness (QED) is 0.715. The third-order valence-electron chi connectivity index (χ3n) is 2.93. The number of anilines is 1. The summed E-state index contributed by atoms with van der Waals surface area (Å²) in [5.41, 5.74) is 2.26. The molecule has 0 spiro atoms. The topological polar surface area (TPSA) is 28.2 Å². The SMILES string of the molecule is C=CCN(CCC)c1ccc(C(C)NCC)nc1. The first-order valence-corrected chi connectivity index (χ1v) is 6.78. The van der Waals surface area contributed by atoms with Crippen molar-refractivity contribution in [2.45, 2.75) is 33.2 Å². The van der Waals surface area contributed by atoms with Crippen molar-refractivity contribution >= 4 is 5.69 Å². The molecule has 0 saturated carbocycles. The molecule has 1 aromatic rings. The van der Waals surface area contributed by atoms with Gasteiger partial charge in [0.2, 0.25) is 0 Å². The van der Waals surface area contributed by atoms with Crippen LogP contribution < -0.4 is 10.2 Å². The van der Waals surface area contributed by atoms with E-state index in [4.69, 9.17) is 0 Å². The second kappa shape index (κ2) is 7.88. The average molecular weight is 247 g/mol. The van der Waals surface area contributed by atoms with E-state index < -0.39 is 0 Å². The van der Waals surface area contributed by atoms with Crippen LogP contribution in [0.3, 0.4) is 0 Å². The zero-order valence-corrected chi connectivity index (χ0v) is 11.8. The molecule has 0 saturated heterocycles. The standard InChI is InChI=1S/C15H25N3/c1-5-10-18(11-6-2)14-8-9-15(17-12-14)13(4)16-7-3/h5,8-9,12-13,16H,1,6-7,10-11H2,2-4H3. The van der Waals surface area contributed by atoms with Crippen molar-refractivity contribution in [1.29, 1.82) is 0 Å². The summed E-state index contributed by atoms with van der Waals surface area (Å²) in [6.45, 7) is 13.1. The highest BCUT2D eigenvalue weighted by Gasteiger charge is 2.07. The molecule has 1 atom stereocenters. The van der Waals surface area contributed by atoms with E-state index >= 15 is 0 Å². The summed E-state index contributed by atoms with van der Waals surface area (Å²) >= 11 is 0. The molecule has 1 unspecified atom stereocenters. The second-order valence-electron chi connectivity index (χ2n) is 4.46. The van der Waals surface area contributed by atoms with E-state index in [0.717, 1.165) is 31.7 Å². The number of aromatic nitrogens is 1. The van der Waals surface area contributed by atoms with Crippen LogP contribution in [0.4, 0.5) is 5.69 Å². The lowest BCUT2D eigenvalue weighted by Crippen LogP contribution is -2.24. The van der Waals surface area contributed by atoms with Crippen LogP contribution in [0.1, 0.15) is 38.9 Å². The summed E-state index contributed by atoms with van der Waals surface area (Å²) < 4.78 is 0. The Morgan fingerprint density at radius 3 is 2.72 bits per heavy atom. The van der Waals surface area contributed by atoms with Gasteiger partial charge in [0.1, 0.15) is 0 Å². The largest absolute Gasteiger partial charge is 0.367 e. The Bertz CT molecular complexity index is 345. The van der Waals surface area contributed by atoms with Crippen molar-refractivity contribution < 1.29 is 0 Å². The summed E-state index contributed by atoms with van der Waals surface area (Å²) in [6, 6.07) is 4.56. The number of rotatable bonds is 8. The molecule has 1 N–H and O–H groups in total. The van der Waals surface area contributed by atoms with Crippen LogP contribution >= 0.6 is 0 Å². The van der Waals surface area contributed by atoms with Crippen molar-refractivity contribution in [3.63, 3.8) is 0 Å². The Labute approximate surface area is 111 Å². The van der Waals surface area contributed by atoms with Gasteiger partial charge < -0.3 is 10.2 Å². The number of hydrogen-bond donors (Lipinski definition) is 1. The van der Waals surface area contributed by atoms with Crippen LogP contribution in [0.2, 0.25) is 0 Å². The lowest BCUT2D eigenvalue weighted by molar-refractivity contribution is 0.583. The molecule has 100 valence electrons. The van der Waals surface area contributed by atoms with Crippen LogP contribution in [-0.4, -0.2) is 24.6 Å². The Hall–Kier alpha value is -1.35. The molecule has 0 aliphatic heterocycles. The van der Waals surface area contributed by atoms with Crippen LogP contribution in [0, 0.1) is 0 Å². The molecule has 1 rings (SSSR count). The zero-order valence-electron chi connectivity index (χ0n) is 11.8. The van der Waals surface area contributed by atoms with Crippen molar-refractivity contribution in [2.24, 2.45) is 0 Å². The highest BCUT2D eigenvalue weighted by Crippen LogP contribution is 2.16. The molecular weight excluding hydrogens is 222 g/mol. The average Bonchev–Trinajstić information content (AvgIpc) is 2.39. The Kier molecular flexibility index (Phi) is 6.44. The lowest BCUT2D eigenvalue weighted by atomic mass is 10.2. The highest BCUT2D eigenvalue weighted by atomic mass is 15.1. The van der Waals surface area contributed by atoms with E-state index in [1.807, 2.05) is 12.3 Å². The maximum Gasteiger partial charge on any atom is 0.0572 e. The molecule has 0 fully saturated rings. The van der Waals surface area contributed by atoms with Gasteiger partial charge in [0.25, 0.3) is 0 Å². The lowest BCUT2D eigenvalue weighted by Gasteiger charge is -2.23. The second-order valence-corrected chi connectivity index (χ2v) is 4.46. The number of nitrogens with zero attached hydrogens (tertiary/aromatic N) is 2. The summed E-state index contributed by atoms with van der Waals surface area (Å²) in [5.74, 6) is 0. The van der Waals surface area contributed by atoms with Gasteiger partial charge in [0, 0.05) is 19.1 Å². The maximum absolute atomic E-state index is 4.54. The van der Waals surface area contributed by atoms with Crippen LogP contribution in [0.15, 0.2) is 31.0 Å². The molecule has 1 heterocycles. The minimum atomic E-state index is 0.308. The minimum Gasteiger partial charge on any atom is -0.367 e. The number of nitrogens with one attached hydrogen (secondary N) is 1. The van der Waals surface area contributed by atoms with Crippen LogP contribution in [-0.2, 0) is 0 Å². The van der Waals surface area contributed by atoms with Crippen molar-refractivity contribution in [3.05, 3.63) is 36.7 Å². The summed E-state index contributed by atoms with van der Waals surface area (Å²) in [7, 11) is 0. The monoisotopic (exact) mass is 247 g/mol. The third kappa shape index (κ3) is 4.15. The van der Waals surface area contributed by atoms with E-state index in [-0.39, 0.29) is 0 Å². The first-order valence-electron chi connectivity index (χ1n) is 6.78. The van der Waals surface area contributed by atoms with E-state index in [0.29, 0.717) is 6.04 Å². The van der Waals surface area contributed by atoms with Crippen LogP contribution in [0.5, 0.6) is 0 Å². The minimum absolute atomic E-state index is 0.308. The van der Waals surface area contributed by atoms with Gasteiger partial charge in [-0.25, -0.2) is 0 Å². The summed E-state index contributed by atoms with van der Waals surface area (Å²) in [5, 5.41) is 3.37. The molecule has 3 heteroatoms. The number of hydrogen-bond acceptors (Lipinski definition) is 3. The fourth-order valence-electron chi connectivity index (χ4n) is 2.00. The zero-order chi connectivity index (χ0) is 13.4. The molecule has 0 amide bonds. The normalized spacial score (nSPS) is 12.2.